The second kappa shape index (κ2) is 8.99. The van der Waals surface area contributed by atoms with Gasteiger partial charge in [0, 0.05) is 24.2 Å². The van der Waals surface area contributed by atoms with E-state index in [2.05, 4.69) is 30.6 Å². The molecule has 1 aromatic rings. The molecule has 1 atom stereocenters. The molecule has 2 heterocycles. The van der Waals surface area contributed by atoms with E-state index in [0.717, 1.165) is 50.2 Å². The molecule has 0 N–H and O–H groups in total. The summed E-state index contributed by atoms with van der Waals surface area (Å²) in [5.41, 5.74) is 1.62. The summed E-state index contributed by atoms with van der Waals surface area (Å²) < 4.78 is 12.2. The van der Waals surface area contributed by atoms with E-state index in [-0.39, 0.29) is 23.2 Å². The van der Waals surface area contributed by atoms with Gasteiger partial charge in [0.1, 0.15) is 12.5 Å². The van der Waals surface area contributed by atoms with Crippen molar-refractivity contribution in [2.24, 2.45) is 0 Å². The number of carbonyl (C=O) groups excluding carboxylic acids is 1. The van der Waals surface area contributed by atoms with Crippen LogP contribution in [-0.4, -0.2) is 59.3 Å². The summed E-state index contributed by atoms with van der Waals surface area (Å²) in [7, 11) is 0. The molecule has 2 aliphatic rings. The molecular weight excluding hydrogens is 376 g/mol. The van der Waals surface area contributed by atoms with E-state index in [1.807, 2.05) is 50.8 Å². The first-order valence-electron chi connectivity index (χ1n) is 11.0. The van der Waals surface area contributed by atoms with Crippen LogP contribution in [0.2, 0.25) is 0 Å². The summed E-state index contributed by atoms with van der Waals surface area (Å²) >= 11 is 0. The molecule has 1 spiro atoms. The highest BCUT2D eigenvalue weighted by Crippen LogP contribution is 2.38. The van der Waals surface area contributed by atoms with Gasteiger partial charge in [-0.05, 0) is 84.6 Å². The largest absolute Gasteiger partial charge is 0.491 e. The van der Waals surface area contributed by atoms with E-state index < -0.39 is 0 Å². The minimum absolute atomic E-state index is 0.0221. The Morgan fingerprint density at radius 1 is 1.27 bits per heavy atom. The third-order valence-electron chi connectivity index (χ3n) is 6.41. The predicted octanol–water partition coefficient (Wildman–Crippen LogP) is 4.24. The fourth-order valence-corrected chi connectivity index (χ4v) is 4.30. The second-order valence-corrected chi connectivity index (χ2v) is 9.52. The zero-order chi connectivity index (χ0) is 21.9. The number of piperidine rings is 1. The van der Waals surface area contributed by atoms with Gasteiger partial charge in [0.2, 0.25) is 0 Å². The van der Waals surface area contributed by atoms with Gasteiger partial charge < -0.3 is 14.4 Å². The Hall–Kier alpha value is -2.03. The van der Waals surface area contributed by atoms with E-state index >= 15 is 0 Å². The molecule has 0 aromatic heterocycles. The molecule has 1 amide bonds. The topological polar surface area (TPSA) is 42.0 Å². The number of benzene rings is 1. The number of carbonyl (C=O) groups is 1. The molecule has 3 rings (SSSR count). The Labute approximate surface area is 181 Å². The van der Waals surface area contributed by atoms with Gasteiger partial charge in [-0.15, -0.1) is 5.92 Å². The zero-order valence-electron chi connectivity index (χ0n) is 19.4. The van der Waals surface area contributed by atoms with Crippen LogP contribution in [0, 0.1) is 18.8 Å². The van der Waals surface area contributed by atoms with Crippen molar-refractivity contribution < 1.29 is 14.3 Å². The number of amides is 1. The monoisotopic (exact) mass is 412 g/mol. The SMILES string of the molecule is CC#CCN1CC2(CCN(C(=O)c3ccc(OC(C)C)c(C)c3)CO2)CCC1(C)C. The maximum Gasteiger partial charge on any atom is 0.255 e. The van der Waals surface area contributed by atoms with Crippen LogP contribution in [0.1, 0.15) is 69.8 Å². The van der Waals surface area contributed by atoms with Crippen molar-refractivity contribution in [2.75, 3.05) is 26.4 Å². The molecule has 1 unspecified atom stereocenters. The minimum atomic E-state index is -0.174. The Balaban J connectivity index is 1.64. The van der Waals surface area contributed by atoms with Gasteiger partial charge in [-0.1, -0.05) is 5.92 Å². The van der Waals surface area contributed by atoms with Crippen LogP contribution >= 0.6 is 0 Å². The number of hydrogen-bond donors (Lipinski definition) is 0. The maximum atomic E-state index is 13.0. The van der Waals surface area contributed by atoms with Crippen LogP contribution in [-0.2, 0) is 4.74 Å². The molecule has 0 aliphatic carbocycles. The second-order valence-electron chi connectivity index (χ2n) is 9.52. The standard InChI is InChI=1S/C25H36N2O3/c1-7-8-14-27-17-25(12-11-24(27,5)6)13-15-26(18-29-25)23(28)21-9-10-22(20(4)16-21)30-19(2)3/h9-10,16,19H,11-15,17-18H2,1-6H3. The molecule has 30 heavy (non-hydrogen) atoms. The van der Waals surface area contributed by atoms with E-state index in [0.29, 0.717) is 12.3 Å². The summed E-state index contributed by atoms with van der Waals surface area (Å²) in [5, 5.41) is 0. The molecule has 164 valence electrons. The number of rotatable bonds is 4. The molecule has 0 saturated carbocycles. The van der Waals surface area contributed by atoms with Crippen molar-refractivity contribution in [3.8, 4) is 17.6 Å². The average molecular weight is 413 g/mol. The van der Waals surface area contributed by atoms with E-state index in [1.165, 1.54) is 0 Å². The molecule has 0 bridgehead atoms. The van der Waals surface area contributed by atoms with Gasteiger partial charge >= 0.3 is 0 Å². The first-order valence-corrected chi connectivity index (χ1v) is 11.0. The smallest absolute Gasteiger partial charge is 0.255 e. The van der Waals surface area contributed by atoms with Crippen molar-refractivity contribution in [1.82, 2.24) is 9.80 Å². The Morgan fingerprint density at radius 3 is 2.63 bits per heavy atom. The first-order chi connectivity index (χ1) is 14.2. The lowest BCUT2D eigenvalue weighted by molar-refractivity contribution is -0.168. The van der Waals surface area contributed by atoms with Crippen molar-refractivity contribution in [2.45, 2.75) is 78.0 Å². The highest BCUT2D eigenvalue weighted by molar-refractivity contribution is 5.94. The minimum Gasteiger partial charge on any atom is -0.491 e. The first kappa shape index (κ1) is 22.7. The van der Waals surface area contributed by atoms with Crippen LogP contribution in [0.4, 0.5) is 0 Å². The summed E-state index contributed by atoms with van der Waals surface area (Å²) in [6, 6.07) is 5.66. The van der Waals surface area contributed by atoms with Gasteiger partial charge in [0.15, 0.2) is 0 Å². The summed E-state index contributed by atoms with van der Waals surface area (Å²) in [4.78, 5) is 17.3. The molecule has 5 heteroatoms. The third-order valence-corrected chi connectivity index (χ3v) is 6.41. The fourth-order valence-electron chi connectivity index (χ4n) is 4.30. The maximum absolute atomic E-state index is 13.0. The molecule has 2 aliphatic heterocycles. The van der Waals surface area contributed by atoms with Gasteiger partial charge in [-0.25, -0.2) is 0 Å². The molecule has 1 aromatic carbocycles. The molecule has 2 fully saturated rings. The van der Waals surface area contributed by atoms with Gasteiger partial charge in [0.05, 0.1) is 18.2 Å². The predicted molar refractivity (Wildman–Crippen MR) is 120 cm³/mol. The highest BCUT2D eigenvalue weighted by Gasteiger charge is 2.46. The summed E-state index contributed by atoms with van der Waals surface area (Å²) in [6.07, 6.45) is 3.07. The number of likely N-dealkylation sites (tertiary alicyclic amines) is 1. The summed E-state index contributed by atoms with van der Waals surface area (Å²) in [5.74, 6) is 7.07. The van der Waals surface area contributed by atoms with E-state index in [4.69, 9.17) is 9.47 Å². The van der Waals surface area contributed by atoms with Crippen LogP contribution in [0.15, 0.2) is 18.2 Å². The van der Waals surface area contributed by atoms with Crippen LogP contribution < -0.4 is 4.74 Å². The Morgan fingerprint density at radius 2 is 2.03 bits per heavy atom. The van der Waals surface area contributed by atoms with Crippen molar-refractivity contribution >= 4 is 5.91 Å². The lowest BCUT2D eigenvalue weighted by Crippen LogP contribution is -2.61. The quantitative estimate of drug-likeness (QED) is 0.694. The number of ether oxygens (including phenoxy) is 2. The molecule has 0 radical (unpaired) electrons. The average Bonchev–Trinajstić information content (AvgIpc) is 2.70. The van der Waals surface area contributed by atoms with Crippen LogP contribution in [0.3, 0.4) is 0 Å². The fraction of sp³-hybridized carbons (Fsp3) is 0.640. The molecular formula is C25H36N2O3. The van der Waals surface area contributed by atoms with Gasteiger partial charge in [-0.2, -0.15) is 0 Å². The van der Waals surface area contributed by atoms with Gasteiger partial charge in [0.25, 0.3) is 5.91 Å². The van der Waals surface area contributed by atoms with Crippen LogP contribution in [0.5, 0.6) is 5.75 Å². The highest BCUT2D eigenvalue weighted by atomic mass is 16.5. The lowest BCUT2D eigenvalue weighted by atomic mass is 9.79. The lowest BCUT2D eigenvalue weighted by Gasteiger charge is -2.53. The zero-order valence-corrected chi connectivity index (χ0v) is 19.4. The number of hydrogen-bond acceptors (Lipinski definition) is 4. The van der Waals surface area contributed by atoms with Crippen molar-refractivity contribution in [3.63, 3.8) is 0 Å². The third kappa shape index (κ3) is 4.99. The van der Waals surface area contributed by atoms with Crippen LogP contribution in [0.25, 0.3) is 0 Å². The van der Waals surface area contributed by atoms with Gasteiger partial charge in [-0.3, -0.25) is 9.69 Å². The summed E-state index contributed by atoms with van der Waals surface area (Å²) in [6.45, 7) is 15.1. The van der Waals surface area contributed by atoms with Crippen molar-refractivity contribution in [1.29, 1.82) is 0 Å². The van der Waals surface area contributed by atoms with E-state index in [1.54, 1.807) is 0 Å². The normalized spacial score (nSPS) is 23.9. The van der Waals surface area contributed by atoms with Crippen molar-refractivity contribution in [3.05, 3.63) is 29.3 Å². The molecule has 5 nitrogen and oxygen atoms in total. The number of nitrogens with zero attached hydrogens (tertiary/aromatic N) is 2. The van der Waals surface area contributed by atoms with E-state index in [9.17, 15) is 4.79 Å². The molecule has 2 saturated heterocycles. The Bertz CT molecular complexity index is 827. The number of aryl methyl sites for hydroxylation is 1. The Kier molecular flexibility index (Phi) is 6.79.